The molecule has 2 aromatic rings. The quantitative estimate of drug-likeness (QED) is 0.845. The van der Waals surface area contributed by atoms with Gasteiger partial charge in [-0.1, -0.05) is 24.3 Å². The number of benzene rings is 2. The summed E-state index contributed by atoms with van der Waals surface area (Å²) in [4.78, 5) is 22.9. The first-order valence-electron chi connectivity index (χ1n) is 6.87. The van der Waals surface area contributed by atoms with E-state index in [2.05, 4.69) is 5.32 Å². The van der Waals surface area contributed by atoms with Crippen molar-refractivity contribution in [2.45, 2.75) is 6.42 Å². The third-order valence-corrected chi connectivity index (χ3v) is 2.97. The fraction of sp³-hybridized carbons (Fsp3) is 0.118. The van der Waals surface area contributed by atoms with Gasteiger partial charge in [-0.2, -0.15) is 5.26 Å². The van der Waals surface area contributed by atoms with E-state index >= 15 is 0 Å². The second-order valence-corrected chi connectivity index (χ2v) is 4.78. The van der Waals surface area contributed by atoms with Gasteiger partial charge in [-0.25, -0.2) is 0 Å². The minimum absolute atomic E-state index is 0.0437. The van der Waals surface area contributed by atoms with Gasteiger partial charge in [-0.05, 0) is 24.3 Å². The fourth-order valence-electron chi connectivity index (χ4n) is 1.99. The van der Waals surface area contributed by atoms with Gasteiger partial charge < -0.3 is 15.8 Å². The van der Waals surface area contributed by atoms with E-state index in [1.165, 1.54) is 0 Å². The molecule has 0 saturated heterocycles. The molecule has 0 aliphatic rings. The van der Waals surface area contributed by atoms with E-state index in [0.29, 0.717) is 22.6 Å². The van der Waals surface area contributed by atoms with Crippen molar-refractivity contribution in [2.24, 2.45) is 5.73 Å². The first-order valence-corrected chi connectivity index (χ1v) is 6.87. The summed E-state index contributed by atoms with van der Waals surface area (Å²) in [6, 6.07) is 15.5. The maximum absolute atomic E-state index is 11.9. The van der Waals surface area contributed by atoms with Crippen molar-refractivity contribution in [1.82, 2.24) is 0 Å². The highest BCUT2D eigenvalue weighted by Gasteiger charge is 2.09. The highest BCUT2D eigenvalue weighted by molar-refractivity contribution is 5.92. The fourth-order valence-corrected chi connectivity index (χ4v) is 1.99. The Hall–Kier alpha value is -3.33. The van der Waals surface area contributed by atoms with Gasteiger partial charge in [0.2, 0.25) is 5.91 Å². The smallest absolute Gasteiger partial charge is 0.262 e. The highest BCUT2D eigenvalue weighted by Crippen LogP contribution is 2.18. The number of amides is 2. The van der Waals surface area contributed by atoms with Crippen LogP contribution in [0.4, 0.5) is 5.69 Å². The molecule has 0 radical (unpaired) electrons. The summed E-state index contributed by atoms with van der Waals surface area (Å²) >= 11 is 0. The van der Waals surface area contributed by atoms with Crippen LogP contribution in [0.1, 0.15) is 11.1 Å². The monoisotopic (exact) mass is 309 g/mol. The Kier molecular flexibility index (Phi) is 5.31. The number of anilines is 1. The van der Waals surface area contributed by atoms with Gasteiger partial charge in [-0.15, -0.1) is 0 Å². The lowest BCUT2D eigenvalue weighted by Crippen LogP contribution is -2.21. The first-order chi connectivity index (χ1) is 11.1. The average Bonchev–Trinajstić information content (AvgIpc) is 2.53. The summed E-state index contributed by atoms with van der Waals surface area (Å²) in [7, 11) is 0. The van der Waals surface area contributed by atoms with Crippen molar-refractivity contribution in [1.29, 1.82) is 5.26 Å². The summed E-state index contributed by atoms with van der Waals surface area (Å²) in [5, 5.41) is 11.5. The molecule has 23 heavy (non-hydrogen) atoms. The minimum Gasteiger partial charge on any atom is -0.483 e. The number of para-hydroxylation sites is 1. The number of primary amides is 1. The zero-order valence-corrected chi connectivity index (χ0v) is 12.3. The maximum Gasteiger partial charge on any atom is 0.262 e. The summed E-state index contributed by atoms with van der Waals surface area (Å²) in [5.41, 5.74) is 6.77. The van der Waals surface area contributed by atoms with Crippen molar-refractivity contribution >= 4 is 17.5 Å². The third-order valence-electron chi connectivity index (χ3n) is 2.97. The molecule has 2 rings (SSSR count). The molecule has 0 spiro atoms. The molecule has 3 N–H and O–H groups in total. The Morgan fingerprint density at radius 1 is 1.17 bits per heavy atom. The SMILES string of the molecule is N#Cc1cccc(NC(=O)COc2ccccc2CC(N)=O)c1. The number of hydrogen-bond acceptors (Lipinski definition) is 4. The topological polar surface area (TPSA) is 105 Å². The Balaban J connectivity index is 1.97. The number of carbonyl (C=O) groups is 2. The van der Waals surface area contributed by atoms with E-state index in [1.54, 1.807) is 48.5 Å². The molecule has 0 atom stereocenters. The van der Waals surface area contributed by atoms with Crippen LogP contribution in [0, 0.1) is 11.3 Å². The van der Waals surface area contributed by atoms with Crippen LogP contribution >= 0.6 is 0 Å². The summed E-state index contributed by atoms with van der Waals surface area (Å²) in [5.74, 6) is -0.403. The van der Waals surface area contributed by atoms with Crippen molar-refractivity contribution in [2.75, 3.05) is 11.9 Å². The molecule has 0 aliphatic carbocycles. The molecule has 6 nitrogen and oxygen atoms in total. The molecular weight excluding hydrogens is 294 g/mol. The van der Waals surface area contributed by atoms with Gasteiger partial charge in [-0.3, -0.25) is 9.59 Å². The predicted octanol–water partition coefficient (Wildman–Crippen LogP) is 1.60. The molecule has 0 aromatic heterocycles. The molecule has 0 aliphatic heterocycles. The minimum atomic E-state index is -0.473. The van der Waals surface area contributed by atoms with E-state index in [4.69, 9.17) is 15.7 Å². The standard InChI is InChI=1S/C17H15N3O3/c18-10-12-4-3-6-14(8-12)20-17(22)11-23-15-7-2-1-5-13(15)9-16(19)21/h1-8H,9,11H2,(H2,19,21)(H,20,22). The van der Waals surface area contributed by atoms with Crippen LogP contribution in [0.25, 0.3) is 0 Å². The molecule has 0 fully saturated rings. The lowest BCUT2D eigenvalue weighted by molar-refractivity contribution is -0.118. The third kappa shape index (κ3) is 4.86. The van der Waals surface area contributed by atoms with Gasteiger partial charge in [0.15, 0.2) is 6.61 Å². The summed E-state index contributed by atoms with van der Waals surface area (Å²) in [6.07, 6.45) is 0.0437. The highest BCUT2D eigenvalue weighted by atomic mass is 16.5. The van der Waals surface area contributed by atoms with E-state index in [1.807, 2.05) is 6.07 Å². The zero-order chi connectivity index (χ0) is 16.7. The lowest BCUT2D eigenvalue weighted by atomic mass is 10.1. The van der Waals surface area contributed by atoms with E-state index in [-0.39, 0.29) is 18.9 Å². The van der Waals surface area contributed by atoms with Crippen LogP contribution in [-0.4, -0.2) is 18.4 Å². The molecule has 0 heterocycles. The summed E-state index contributed by atoms with van der Waals surface area (Å²) in [6.45, 7) is -0.216. The van der Waals surface area contributed by atoms with Gasteiger partial charge in [0, 0.05) is 11.3 Å². The van der Waals surface area contributed by atoms with E-state index in [9.17, 15) is 9.59 Å². The number of nitrogens with one attached hydrogen (secondary N) is 1. The van der Waals surface area contributed by atoms with Crippen LogP contribution in [-0.2, 0) is 16.0 Å². The molecule has 0 saturated carbocycles. The molecule has 0 bridgehead atoms. The molecule has 0 unspecified atom stereocenters. The number of nitrogens with two attached hydrogens (primary N) is 1. The maximum atomic E-state index is 11.9. The first kappa shape index (κ1) is 16.0. The normalized spacial score (nSPS) is 9.70. The van der Waals surface area contributed by atoms with Gasteiger partial charge in [0.1, 0.15) is 5.75 Å². The zero-order valence-electron chi connectivity index (χ0n) is 12.3. The van der Waals surface area contributed by atoms with E-state index in [0.717, 1.165) is 0 Å². The second kappa shape index (κ2) is 7.61. The molecule has 2 aromatic carbocycles. The van der Waals surface area contributed by atoms with Crippen molar-refractivity contribution in [3.8, 4) is 11.8 Å². The number of rotatable bonds is 6. The van der Waals surface area contributed by atoms with Crippen molar-refractivity contribution in [3.05, 3.63) is 59.7 Å². The number of nitrogens with zero attached hydrogens (tertiary/aromatic N) is 1. The van der Waals surface area contributed by atoms with Gasteiger partial charge >= 0.3 is 0 Å². The molecule has 6 heteroatoms. The number of ether oxygens (including phenoxy) is 1. The van der Waals surface area contributed by atoms with Crippen LogP contribution in [0.15, 0.2) is 48.5 Å². The number of nitriles is 1. The lowest BCUT2D eigenvalue weighted by Gasteiger charge is -2.11. The van der Waals surface area contributed by atoms with Crippen LogP contribution in [0.5, 0.6) is 5.75 Å². The average molecular weight is 309 g/mol. The molecule has 116 valence electrons. The van der Waals surface area contributed by atoms with Crippen LogP contribution < -0.4 is 15.8 Å². The van der Waals surface area contributed by atoms with Crippen molar-refractivity contribution < 1.29 is 14.3 Å². The number of carbonyl (C=O) groups excluding carboxylic acids is 2. The Labute approximate surface area is 133 Å². The Morgan fingerprint density at radius 3 is 2.70 bits per heavy atom. The largest absolute Gasteiger partial charge is 0.483 e. The summed E-state index contributed by atoms with van der Waals surface area (Å²) < 4.78 is 5.44. The van der Waals surface area contributed by atoms with Gasteiger partial charge in [0.25, 0.3) is 5.91 Å². The van der Waals surface area contributed by atoms with Crippen LogP contribution in [0.3, 0.4) is 0 Å². The predicted molar refractivity (Wildman–Crippen MR) is 84.6 cm³/mol. The Morgan fingerprint density at radius 2 is 1.96 bits per heavy atom. The van der Waals surface area contributed by atoms with Crippen LogP contribution in [0.2, 0.25) is 0 Å². The molecule has 2 amide bonds. The number of hydrogen-bond donors (Lipinski definition) is 2. The molecular formula is C17H15N3O3. The van der Waals surface area contributed by atoms with E-state index < -0.39 is 5.91 Å². The van der Waals surface area contributed by atoms with Crippen molar-refractivity contribution in [3.63, 3.8) is 0 Å². The second-order valence-electron chi connectivity index (χ2n) is 4.78. The Bertz CT molecular complexity index is 766. The van der Waals surface area contributed by atoms with Gasteiger partial charge in [0.05, 0.1) is 18.1 Å².